The lowest BCUT2D eigenvalue weighted by Gasteiger charge is -2.18. The second kappa shape index (κ2) is 22.7. The molecular weight excluding hydrogens is 554 g/mol. The normalized spacial score (nSPS) is 14.0. The lowest BCUT2D eigenvalue weighted by atomic mass is 10.0. The number of nitrogens with one attached hydrogen (secondary N) is 2. The Morgan fingerprint density at radius 2 is 1.70 bits per heavy atom. The highest BCUT2D eigenvalue weighted by Gasteiger charge is 2.19. The zero-order valence-electron chi connectivity index (χ0n) is 28.0. The molecule has 0 aromatic heterocycles. The summed E-state index contributed by atoms with van der Waals surface area (Å²) in [6, 6.07) is 5.80. The average Bonchev–Trinajstić information content (AvgIpc) is 3.34. The van der Waals surface area contributed by atoms with E-state index in [1.165, 1.54) is 19.9 Å². The van der Waals surface area contributed by atoms with Crippen LogP contribution in [0.25, 0.3) is 0 Å². The number of hydrogen-bond acceptors (Lipinski definition) is 5. The zero-order valence-corrected chi connectivity index (χ0v) is 28.0. The van der Waals surface area contributed by atoms with Crippen LogP contribution in [0.15, 0.2) is 108 Å². The van der Waals surface area contributed by atoms with Crippen molar-refractivity contribution in [3.05, 3.63) is 125 Å². The van der Waals surface area contributed by atoms with Crippen LogP contribution in [0.3, 0.4) is 0 Å². The van der Waals surface area contributed by atoms with E-state index < -0.39 is 11.7 Å². The van der Waals surface area contributed by atoms with E-state index in [9.17, 15) is 8.78 Å². The number of nitrogens with zero attached hydrogens (tertiary/aromatic N) is 2. The van der Waals surface area contributed by atoms with Crippen LogP contribution in [0.2, 0.25) is 0 Å². The van der Waals surface area contributed by atoms with Crippen molar-refractivity contribution in [3.63, 3.8) is 0 Å². The maximum absolute atomic E-state index is 13.9. The first-order valence-corrected chi connectivity index (χ1v) is 14.1. The van der Waals surface area contributed by atoms with Gasteiger partial charge < -0.3 is 15.0 Å². The number of hydrogen-bond donors (Lipinski definition) is 2. The molecule has 5 nitrogen and oxygen atoms in total. The van der Waals surface area contributed by atoms with E-state index in [1.54, 1.807) is 31.4 Å². The van der Waals surface area contributed by atoms with Crippen LogP contribution >= 0.6 is 0 Å². The number of aryl methyl sites for hydroxylation is 2. The van der Waals surface area contributed by atoms with Gasteiger partial charge in [-0.15, -0.1) is 12.3 Å². The van der Waals surface area contributed by atoms with E-state index in [4.69, 9.17) is 15.4 Å². The van der Waals surface area contributed by atoms with Gasteiger partial charge in [-0.1, -0.05) is 45.2 Å². The molecule has 7 heteroatoms. The van der Waals surface area contributed by atoms with Gasteiger partial charge in [0.2, 0.25) is 0 Å². The molecule has 236 valence electrons. The molecule has 0 unspecified atom stereocenters. The molecule has 1 aliphatic heterocycles. The molecule has 1 heterocycles. The van der Waals surface area contributed by atoms with Crippen molar-refractivity contribution in [2.75, 3.05) is 7.05 Å². The molecule has 0 radical (unpaired) electrons. The van der Waals surface area contributed by atoms with Crippen LogP contribution in [0.5, 0.6) is 5.75 Å². The Labute approximate surface area is 264 Å². The average molecular weight is 603 g/mol. The van der Waals surface area contributed by atoms with Crippen molar-refractivity contribution in [1.82, 2.24) is 10.2 Å². The predicted molar refractivity (Wildman–Crippen MR) is 183 cm³/mol. The highest BCUT2D eigenvalue weighted by Crippen LogP contribution is 2.29. The Morgan fingerprint density at radius 1 is 1.16 bits per heavy atom. The van der Waals surface area contributed by atoms with Gasteiger partial charge in [0.25, 0.3) is 0 Å². The highest BCUT2D eigenvalue weighted by atomic mass is 19.1. The minimum absolute atomic E-state index is 0.0300. The summed E-state index contributed by atoms with van der Waals surface area (Å²) in [4.78, 5) is 1.85. The van der Waals surface area contributed by atoms with Gasteiger partial charge in [0.05, 0.1) is 11.8 Å². The second-order valence-corrected chi connectivity index (χ2v) is 9.17. The molecule has 0 saturated carbocycles. The van der Waals surface area contributed by atoms with E-state index in [1.807, 2.05) is 84.0 Å². The van der Waals surface area contributed by atoms with Gasteiger partial charge in [-0.2, -0.15) is 5.26 Å². The largest absolute Gasteiger partial charge is 0.459 e. The van der Waals surface area contributed by atoms with Gasteiger partial charge in [0.15, 0.2) is 0 Å². The lowest BCUT2D eigenvalue weighted by molar-refractivity contribution is 0.400. The van der Waals surface area contributed by atoms with Crippen molar-refractivity contribution in [2.45, 2.75) is 68.7 Å². The molecule has 0 atom stereocenters. The first kappa shape index (κ1) is 41.3. The fraction of sp³-hybridized carbons (Fsp3) is 0.297. The number of rotatable bonds is 9. The van der Waals surface area contributed by atoms with E-state index in [2.05, 4.69) is 30.8 Å². The Hall–Kier alpha value is -4.88. The third-order valence-electron chi connectivity index (χ3n) is 5.76. The van der Waals surface area contributed by atoms with Crippen molar-refractivity contribution in [2.24, 2.45) is 0 Å². The Balaban J connectivity index is 0. The molecule has 1 aliphatic rings. The molecule has 1 aromatic rings. The maximum atomic E-state index is 13.9. The fourth-order valence-electron chi connectivity index (χ4n) is 3.59. The van der Waals surface area contributed by atoms with E-state index in [0.717, 1.165) is 33.8 Å². The maximum Gasteiger partial charge on any atom is 0.132 e. The molecule has 0 fully saturated rings. The predicted octanol–water partition coefficient (Wildman–Crippen LogP) is 9.98. The number of nitriles is 1. The topological polar surface area (TPSA) is 72.1 Å². The molecule has 2 N–H and O–H groups in total. The summed E-state index contributed by atoms with van der Waals surface area (Å²) in [6.07, 6.45) is 16.8. The summed E-state index contributed by atoms with van der Waals surface area (Å²) >= 11 is 0. The number of ether oxygens (including phenoxy) is 1. The molecule has 0 spiro atoms. The van der Waals surface area contributed by atoms with E-state index >= 15 is 0 Å². The summed E-state index contributed by atoms with van der Waals surface area (Å²) in [5.41, 5.74) is 5.26. The molecule has 0 amide bonds. The number of benzene rings is 1. The molecule has 2 rings (SSSR count). The van der Waals surface area contributed by atoms with Crippen molar-refractivity contribution < 1.29 is 13.5 Å². The fourth-order valence-corrected chi connectivity index (χ4v) is 3.59. The number of terminal acetylenes is 1. The van der Waals surface area contributed by atoms with Crippen LogP contribution in [0, 0.1) is 42.9 Å². The van der Waals surface area contributed by atoms with Gasteiger partial charge in [0.1, 0.15) is 28.9 Å². The van der Waals surface area contributed by atoms with Crippen molar-refractivity contribution in [1.29, 1.82) is 10.7 Å². The van der Waals surface area contributed by atoms with Gasteiger partial charge in [-0.25, -0.2) is 8.78 Å². The smallest absolute Gasteiger partial charge is 0.132 e. The summed E-state index contributed by atoms with van der Waals surface area (Å²) < 4.78 is 33.1. The first-order valence-electron chi connectivity index (χ1n) is 14.1. The van der Waals surface area contributed by atoms with Gasteiger partial charge >= 0.3 is 0 Å². The second-order valence-electron chi connectivity index (χ2n) is 9.17. The van der Waals surface area contributed by atoms with E-state index in [-0.39, 0.29) is 5.57 Å². The molecule has 0 bridgehead atoms. The van der Waals surface area contributed by atoms with E-state index in [0.29, 0.717) is 23.5 Å². The van der Waals surface area contributed by atoms with Crippen molar-refractivity contribution >= 4 is 5.71 Å². The number of allylic oxidation sites excluding steroid dienone is 10. The van der Waals surface area contributed by atoms with Crippen LogP contribution in [0.1, 0.15) is 65.2 Å². The molecule has 0 saturated heterocycles. The van der Waals surface area contributed by atoms with Gasteiger partial charge in [0, 0.05) is 30.1 Å². The summed E-state index contributed by atoms with van der Waals surface area (Å²) in [5, 5.41) is 19.3. The first-order chi connectivity index (χ1) is 20.8. The summed E-state index contributed by atoms with van der Waals surface area (Å²) in [6.45, 7) is 23.0. The standard InChI is InChI=1S/C22H26F2N2O.C10H12N2.C3H4.C2H6/c1-13-11-18(7-8-19(24)15(3)16(4)23)12-14(2)22(13)27-17(5)21-20(25)9-10-26(21)6;1-4-10(12-5-2)7-6-9(3)8-11;1-3-2;1-2/h8-12,25H,7H2,1-6H3;4-7,12H,2-3H2,1H3;1H,2H3;1-2H3/b16-15+,19-8+,21-17-,25-20?;7-6-,10-4+;;. The van der Waals surface area contributed by atoms with Crippen molar-refractivity contribution in [3.8, 4) is 24.2 Å². The third-order valence-corrected chi connectivity index (χ3v) is 5.76. The molecular formula is C37H48F2N4O. The monoisotopic (exact) mass is 602 g/mol. The van der Waals surface area contributed by atoms with Gasteiger partial charge in [-0.3, -0.25) is 5.41 Å². The molecule has 44 heavy (non-hydrogen) atoms. The van der Waals surface area contributed by atoms with Crippen LogP contribution in [-0.4, -0.2) is 17.7 Å². The van der Waals surface area contributed by atoms with Crippen LogP contribution in [-0.2, 0) is 6.42 Å². The summed E-state index contributed by atoms with van der Waals surface area (Å²) in [5.74, 6) is 2.58. The Kier molecular flexibility index (Phi) is 21.3. The Morgan fingerprint density at radius 3 is 2.11 bits per heavy atom. The quantitative estimate of drug-likeness (QED) is 0.128. The van der Waals surface area contributed by atoms with Crippen LogP contribution in [0.4, 0.5) is 8.78 Å². The van der Waals surface area contributed by atoms with Gasteiger partial charge in [-0.05, 0) is 102 Å². The molecule has 1 aromatic carbocycles. The zero-order chi connectivity index (χ0) is 34.4. The number of halogens is 2. The molecule has 0 aliphatic carbocycles. The highest BCUT2D eigenvalue weighted by molar-refractivity contribution is 6.08. The third kappa shape index (κ3) is 14.8. The SMILES string of the molecule is C#CC.C/C(Oc1c(C)cc(C/C=C(F)\C(C)=C(/C)F)cc1C)=C1\C(=N)C=CN1C.C=CNC(/C=C\C(=C)C#N)=C/C.CC. The summed E-state index contributed by atoms with van der Waals surface area (Å²) in [7, 11) is 1.87. The minimum atomic E-state index is -0.540. The Bertz CT molecular complexity index is 1400. The van der Waals surface area contributed by atoms with Crippen LogP contribution < -0.4 is 10.1 Å². The minimum Gasteiger partial charge on any atom is -0.459 e. The lowest BCUT2D eigenvalue weighted by Crippen LogP contribution is -2.14.